The van der Waals surface area contributed by atoms with E-state index in [-0.39, 0.29) is 18.2 Å². The average Bonchev–Trinajstić information content (AvgIpc) is 2.91. The van der Waals surface area contributed by atoms with Crippen LogP contribution in [0.5, 0.6) is 0 Å². The summed E-state index contributed by atoms with van der Waals surface area (Å²) >= 11 is 0. The van der Waals surface area contributed by atoms with E-state index in [1.165, 1.54) is 5.56 Å². The minimum absolute atomic E-state index is 0.0967. The van der Waals surface area contributed by atoms with Crippen molar-refractivity contribution < 1.29 is 14.7 Å². The molecule has 1 saturated heterocycles. The van der Waals surface area contributed by atoms with Gasteiger partial charge in [0, 0.05) is 55.2 Å². The summed E-state index contributed by atoms with van der Waals surface area (Å²) < 4.78 is 0. The number of carboxylic acids is 1. The van der Waals surface area contributed by atoms with Crippen LogP contribution in [-0.2, 0) is 28.9 Å². The van der Waals surface area contributed by atoms with Gasteiger partial charge >= 0.3 is 5.97 Å². The number of aryl methyl sites for hydroxylation is 3. The Morgan fingerprint density at radius 3 is 2.69 bits per heavy atom. The summed E-state index contributed by atoms with van der Waals surface area (Å²) in [5.74, 6) is 0.672. The molecule has 2 aliphatic heterocycles. The average molecular weight is 487 g/mol. The predicted molar refractivity (Wildman–Crippen MR) is 140 cm³/mol. The van der Waals surface area contributed by atoms with Gasteiger partial charge in [-0.1, -0.05) is 24.3 Å². The number of aliphatic carboxylic acids is 1. The zero-order valence-corrected chi connectivity index (χ0v) is 20.7. The van der Waals surface area contributed by atoms with E-state index in [0.717, 1.165) is 91.8 Å². The summed E-state index contributed by atoms with van der Waals surface area (Å²) in [5.41, 5.74) is 5.31. The number of rotatable bonds is 8. The lowest BCUT2D eigenvalue weighted by Crippen LogP contribution is -2.38. The number of likely N-dealkylation sites (tertiary alicyclic amines) is 1. The number of hydrogen-bond donors (Lipinski definition) is 2. The van der Waals surface area contributed by atoms with E-state index in [9.17, 15) is 14.7 Å². The smallest absolute Gasteiger partial charge is 0.303 e. The maximum atomic E-state index is 12.9. The summed E-state index contributed by atoms with van der Waals surface area (Å²) in [6, 6.07) is 14.4. The Balaban J connectivity index is 1.17. The van der Waals surface area contributed by atoms with Crippen molar-refractivity contribution >= 4 is 28.6 Å². The summed E-state index contributed by atoms with van der Waals surface area (Å²) in [5, 5.41) is 13.6. The van der Waals surface area contributed by atoms with E-state index in [2.05, 4.69) is 23.5 Å². The van der Waals surface area contributed by atoms with Crippen molar-refractivity contribution in [3.05, 3.63) is 65.0 Å². The van der Waals surface area contributed by atoms with Crippen LogP contribution in [0.25, 0.3) is 10.9 Å². The molecule has 7 heteroatoms. The normalized spacial score (nSPS) is 15.9. The third-order valence-electron chi connectivity index (χ3n) is 7.45. The fourth-order valence-corrected chi connectivity index (χ4v) is 5.46. The van der Waals surface area contributed by atoms with Gasteiger partial charge in [0.25, 0.3) is 0 Å². The molecule has 1 aromatic carbocycles. The summed E-state index contributed by atoms with van der Waals surface area (Å²) in [7, 11) is 0. The second-order valence-electron chi connectivity index (χ2n) is 9.97. The van der Waals surface area contributed by atoms with Crippen LogP contribution in [0.3, 0.4) is 0 Å². The van der Waals surface area contributed by atoms with Crippen molar-refractivity contribution in [1.29, 1.82) is 0 Å². The van der Waals surface area contributed by atoms with Crippen LogP contribution in [0, 0.1) is 0 Å². The Hall–Kier alpha value is -3.48. The van der Waals surface area contributed by atoms with E-state index >= 15 is 0 Å². The first-order valence-corrected chi connectivity index (χ1v) is 13.2. The predicted octanol–water partition coefficient (Wildman–Crippen LogP) is 4.73. The molecule has 2 N–H and O–H groups in total. The van der Waals surface area contributed by atoms with Crippen LogP contribution in [0.4, 0.5) is 5.82 Å². The molecule has 0 unspecified atom stereocenters. The quantitative estimate of drug-likeness (QED) is 0.478. The number of para-hydroxylation sites is 1. The Labute approximate surface area is 211 Å². The molecule has 0 aliphatic carbocycles. The molecule has 36 heavy (non-hydrogen) atoms. The van der Waals surface area contributed by atoms with Crippen LogP contribution in [-0.4, -0.2) is 51.5 Å². The highest BCUT2D eigenvalue weighted by Crippen LogP contribution is 2.32. The van der Waals surface area contributed by atoms with Crippen molar-refractivity contribution in [1.82, 2.24) is 14.9 Å². The van der Waals surface area contributed by atoms with Gasteiger partial charge in [0.2, 0.25) is 5.91 Å². The van der Waals surface area contributed by atoms with Gasteiger partial charge in [-0.25, -0.2) is 4.98 Å². The van der Waals surface area contributed by atoms with Crippen LogP contribution in [0.2, 0.25) is 0 Å². The second kappa shape index (κ2) is 11.1. The summed E-state index contributed by atoms with van der Waals surface area (Å²) in [4.78, 5) is 35.8. The number of benzene rings is 1. The monoisotopic (exact) mass is 486 g/mol. The number of carbonyl (C=O) groups is 2. The van der Waals surface area contributed by atoms with Gasteiger partial charge in [0.1, 0.15) is 5.82 Å². The molecule has 0 bridgehead atoms. The number of fused-ring (bicyclic) bond motifs is 2. The highest BCUT2D eigenvalue weighted by Gasteiger charge is 2.26. The highest BCUT2D eigenvalue weighted by molar-refractivity contribution is 5.80. The van der Waals surface area contributed by atoms with Crippen molar-refractivity contribution in [3.63, 3.8) is 0 Å². The topological polar surface area (TPSA) is 95.4 Å². The maximum Gasteiger partial charge on any atom is 0.303 e. The highest BCUT2D eigenvalue weighted by atomic mass is 16.4. The molecule has 0 radical (unpaired) electrons. The summed E-state index contributed by atoms with van der Waals surface area (Å²) in [6.07, 6.45) is 6.67. The number of anilines is 1. The van der Waals surface area contributed by atoms with Gasteiger partial charge in [-0.15, -0.1) is 0 Å². The first kappa shape index (κ1) is 24.2. The Morgan fingerprint density at radius 2 is 1.86 bits per heavy atom. The SMILES string of the molecule is O=C(O)CCc1cc2ccccc2nc1C1CCN(C(=O)CCCc2ccc3c(n2)NCCC3)CC1. The van der Waals surface area contributed by atoms with Crippen LogP contribution < -0.4 is 5.32 Å². The van der Waals surface area contributed by atoms with Crippen molar-refractivity contribution in [2.75, 3.05) is 25.0 Å². The second-order valence-corrected chi connectivity index (χ2v) is 9.97. The Kier molecular flexibility index (Phi) is 7.44. The fraction of sp³-hybridized carbons (Fsp3) is 0.448. The minimum Gasteiger partial charge on any atom is -0.481 e. The molecule has 4 heterocycles. The van der Waals surface area contributed by atoms with Crippen LogP contribution >= 0.6 is 0 Å². The largest absolute Gasteiger partial charge is 0.481 e. The molecule has 7 nitrogen and oxygen atoms in total. The van der Waals surface area contributed by atoms with Gasteiger partial charge in [-0.2, -0.15) is 0 Å². The lowest BCUT2D eigenvalue weighted by atomic mass is 9.88. The van der Waals surface area contributed by atoms with Gasteiger partial charge in [-0.3, -0.25) is 14.6 Å². The number of carbonyl (C=O) groups excluding carboxylic acids is 1. The molecule has 2 aromatic heterocycles. The first-order chi connectivity index (χ1) is 17.6. The number of aromatic nitrogens is 2. The molecule has 5 rings (SSSR count). The number of piperidine rings is 1. The Bertz CT molecular complexity index is 1250. The van der Waals surface area contributed by atoms with E-state index in [4.69, 9.17) is 9.97 Å². The summed E-state index contributed by atoms with van der Waals surface area (Å²) in [6.45, 7) is 2.42. The van der Waals surface area contributed by atoms with Gasteiger partial charge in [-0.05, 0) is 74.3 Å². The van der Waals surface area contributed by atoms with E-state index in [1.807, 2.05) is 29.2 Å². The lowest BCUT2D eigenvalue weighted by molar-refractivity contribution is -0.137. The minimum atomic E-state index is -0.795. The molecule has 0 atom stereocenters. The van der Waals surface area contributed by atoms with E-state index in [1.54, 1.807) is 0 Å². The van der Waals surface area contributed by atoms with Gasteiger partial charge < -0.3 is 15.3 Å². The number of nitrogens with one attached hydrogen (secondary N) is 1. The van der Waals surface area contributed by atoms with E-state index in [0.29, 0.717) is 12.8 Å². The zero-order chi connectivity index (χ0) is 24.9. The molecule has 188 valence electrons. The Morgan fingerprint density at radius 1 is 1.03 bits per heavy atom. The molecule has 0 saturated carbocycles. The number of nitrogens with zero attached hydrogens (tertiary/aromatic N) is 3. The maximum absolute atomic E-state index is 12.9. The van der Waals surface area contributed by atoms with Gasteiger partial charge in [0.05, 0.1) is 5.52 Å². The first-order valence-electron chi connectivity index (χ1n) is 13.2. The van der Waals surface area contributed by atoms with Crippen LogP contribution in [0.1, 0.15) is 67.0 Å². The van der Waals surface area contributed by atoms with Crippen molar-refractivity contribution in [3.8, 4) is 0 Å². The number of amides is 1. The molecular weight excluding hydrogens is 452 g/mol. The lowest BCUT2D eigenvalue weighted by Gasteiger charge is -2.32. The molecule has 2 aliphatic rings. The molecule has 3 aromatic rings. The van der Waals surface area contributed by atoms with E-state index < -0.39 is 5.97 Å². The number of carboxylic acid groups (broad SMARTS) is 1. The molecule has 1 amide bonds. The number of hydrogen-bond acceptors (Lipinski definition) is 5. The molecule has 1 fully saturated rings. The van der Waals surface area contributed by atoms with Gasteiger partial charge in [0.15, 0.2) is 0 Å². The fourth-order valence-electron chi connectivity index (χ4n) is 5.46. The van der Waals surface area contributed by atoms with Crippen molar-refractivity contribution in [2.24, 2.45) is 0 Å². The number of pyridine rings is 2. The molecular formula is C29H34N4O3. The van der Waals surface area contributed by atoms with Crippen molar-refractivity contribution in [2.45, 2.75) is 63.7 Å². The third kappa shape index (κ3) is 5.66. The zero-order valence-electron chi connectivity index (χ0n) is 20.7. The standard InChI is InChI=1S/C29H34N4O3/c34-26(9-3-7-24-12-10-21-6-4-16-30-29(21)31-24)33-17-14-20(15-18-33)28-23(11-13-27(35)36)19-22-5-1-2-8-25(22)32-28/h1-2,5,8,10,12,19-20H,3-4,6-7,9,11,13-18H2,(H,30,31)(H,35,36). The van der Waals surface area contributed by atoms with Crippen LogP contribution in [0.15, 0.2) is 42.5 Å². The molecule has 0 spiro atoms. The third-order valence-corrected chi connectivity index (χ3v) is 7.45.